The smallest absolute Gasteiger partial charge is 0.413 e. The number of esters is 1. The molecular formula is C19H25N3O6. The fraction of sp³-hybridized carbons (Fsp3) is 0.474. The number of nitriles is 1. The first kappa shape index (κ1) is 22.9. The zero-order valence-electron chi connectivity index (χ0n) is 16.7. The quantitative estimate of drug-likeness (QED) is 0.409. The minimum atomic E-state index is -0.962. The van der Waals surface area contributed by atoms with Crippen LogP contribution in [0.1, 0.15) is 36.8 Å². The van der Waals surface area contributed by atoms with Gasteiger partial charge >= 0.3 is 12.1 Å². The normalized spacial score (nSPS) is 12.1. The number of carbonyl (C=O) groups excluding carboxylic acids is 3. The van der Waals surface area contributed by atoms with E-state index in [9.17, 15) is 19.6 Å². The number of aryl methyl sites for hydroxylation is 1. The monoisotopic (exact) mass is 391 g/mol. The van der Waals surface area contributed by atoms with Crippen molar-refractivity contribution >= 4 is 24.0 Å². The molecule has 9 heteroatoms. The van der Waals surface area contributed by atoms with E-state index >= 15 is 0 Å². The molecule has 1 rings (SSSR count). The molecule has 0 bridgehead atoms. The number of hydrogen-bond donors (Lipinski definition) is 1. The van der Waals surface area contributed by atoms with Gasteiger partial charge in [-0.3, -0.25) is 10.1 Å². The van der Waals surface area contributed by atoms with Crippen LogP contribution in [0.2, 0.25) is 0 Å². The zero-order chi connectivity index (χ0) is 21.3. The van der Waals surface area contributed by atoms with Gasteiger partial charge in [-0.2, -0.15) is 5.26 Å². The van der Waals surface area contributed by atoms with Gasteiger partial charge < -0.3 is 18.8 Å². The molecule has 0 aliphatic carbocycles. The van der Waals surface area contributed by atoms with Gasteiger partial charge in [-0.1, -0.05) is 0 Å². The number of imide groups is 1. The number of rotatable bonds is 8. The molecule has 0 saturated carbocycles. The number of aromatic nitrogens is 1. The van der Waals surface area contributed by atoms with E-state index in [1.807, 2.05) is 36.7 Å². The molecule has 9 nitrogen and oxygen atoms in total. The predicted molar refractivity (Wildman–Crippen MR) is 100 cm³/mol. The number of alkyl carbamates (subject to hydrolysis) is 1. The lowest BCUT2D eigenvalue weighted by Gasteiger charge is -2.17. The van der Waals surface area contributed by atoms with E-state index in [4.69, 9.17) is 9.47 Å². The van der Waals surface area contributed by atoms with Crippen LogP contribution in [0.4, 0.5) is 4.79 Å². The van der Waals surface area contributed by atoms with Gasteiger partial charge in [0.1, 0.15) is 11.6 Å². The average Bonchev–Trinajstić information content (AvgIpc) is 2.91. The van der Waals surface area contributed by atoms with E-state index < -0.39 is 24.6 Å². The van der Waals surface area contributed by atoms with E-state index in [1.165, 1.54) is 6.08 Å². The number of nitrogens with zero attached hydrogens (tertiary/aromatic N) is 2. The van der Waals surface area contributed by atoms with Crippen LogP contribution in [-0.2, 0) is 23.8 Å². The van der Waals surface area contributed by atoms with Gasteiger partial charge in [-0.25, -0.2) is 9.59 Å². The first-order valence-corrected chi connectivity index (χ1v) is 8.67. The predicted octanol–water partition coefficient (Wildman–Crippen LogP) is 2.04. The van der Waals surface area contributed by atoms with E-state index in [0.29, 0.717) is 12.2 Å². The third kappa shape index (κ3) is 6.25. The molecule has 0 unspecified atom stereocenters. The Kier molecular flexibility index (Phi) is 8.91. The van der Waals surface area contributed by atoms with Gasteiger partial charge in [0.05, 0.1) is 19.3 Å². The highest BCUT2D eigenvalue weighted by Crippen LogP contribution is 2.23. The Bertz CT molecular complexity index is 803. The van der Waals surface area contributed by atoms with Crippen molar-refractivity contribution in [3.8, 4) is 6.07 Å². The molecule has 0 aliphatic rings. The van der Waals surface area contributed by atoms with Crippen molar-refractivity contribution in [2.45, 2.75) is 33.7 Å². The molecule has 0 spiro atoms. The van der Waals surface area contributed by atoms with Crippen LogP contribution >= 0.6 is 0 Å². The standard InChI is InChI=1S/C19H25N3O6/c1-6-27-19(25)21-17(23)11-28-18(24)16(9-20)8-15-7-12(2)22(14(15)4)13(3)10-26-5/h7-8,13H,6,10-11H2,1-5H3,(H,21,23,25)/b16-8+/t13-/m0/s1. The van der Waals surface area contributed by atoms with Gasteiger partial charge in [0.15, 0.2) is 6.61 Å². The van der Waals surface area contributed by atoms with Crippen molar-refractivity contribution in [2.75, 3.05) is 26.9 Å². The molecule has 28 heavy (non-hydrogen) atoms. The molecule has 2 amide bonds. The molecule has 1 atom stereocenters. The summed E-state index contributed by atoms with van der Waals surface area (Å²) in [7, 11) is 1.62. The van der Waals surface area contributed by atoms with Gasteiger partial charge in [0.25, 0.3) is 5.91 Å². The second-order valence-electron chi connectivity index (χ2n) is 6.02. The minimum absolute atomic E-state index is 0.0798. The van der Waals surface area contributed by atoms with Crippen molar-refractivity contribution in [3.05, 3.63) is 28.6 Å². The first-order valence-electron chi connectivity index (χ1n) is 8.67. The van der Waals surface area contributed by atoms with Crippen LogP contribution in [0.15, 0.2) is 11.6 Å². The molecule has 1 heterocycles. The van der Waals surface area contributed by atoms with Crippen molar-refractivity contribution < 1.29 is 28.6 Å². The summed E-state index contributed by atoms with van der Waals surface area (Å²) in [5, 5.41) is 11.2. The Balaban J connectivity index is 2.88. The fourth-order valence-electron chi connectivity index (χ4n) is 2.76. The zero-order valence-corrected chi connectivity index (χ0v) is 16.7. The largest absolute Gasteiger partial charge is 0.451 e. The fourth-order valence-corrected chi connectivity index (χ4v) is 2.76. The third-order valence-electron chi connectivity index (χ3n) is 3.86. The molecular weight excluding hydrogens is 366 g/mol. The van der Waals surface area contributed by atoms with Crippen molar-refractivity contribution in [1.82, 2.24) is 9.88 Å². The lowest BCUT2D eigenvalue weighted by atomic mass is 10.1. The summed E-state index contributed by atoms with van der Waals surface area (Å²) in [6.07, 6.45) is 0.474. The minimum Gasteiger partial charge on any atom is -0.451 e. The molecule has 0 aliphatic heterocycles. The molecule has 1 aromatic heterocycles. The van der Waals surface area contributed by atoms with Crippen molar-refractivity contribution in [1.29, 1.82) is 5.26 Å². The first-order chi connectivity index (χ1) is 13.2. The molecule has 1 aromatic rings. The highest BCUT2D eigenvalue weighted by atomic mass is 16.6. The summed E-state index contributed by atoms with van der Waals surface area (Å²) >= 11 is 0. The molecule has 0 fully saturated rings. The highest BCUT2D eigenvalue weighted by molar-refractivity contribution is 6.00. The SMILES string of the molecule is CCOC(=O)NC(=O)COC(=O)/C(C#N)=C/c1cc(C)n([C@@H](C)COC)c1C. The summed E-state index contributed by atoms with van der Waals surface area (Å²) in [5.41, 5.74) is 2.24. The number of hydrogen-bond acceptors (Lipinski definition) is 7. The Morgan fingerprint density at radius 1 is 1.32 bits per heavy atom. The summed E-state index contributed by atoms with van der Waals surface area (Å²) in [4.78, 5) is 34.8. The lowest BCUT2D eigenvalue weighted by molar-refractivity contribution is -0.144. The Labute approximate surface area is 163 Å². The van der Waals surface area contributed by atoms with Gasteiger partial charge in [0, 0.05) is 18.5 Å². The summed E-state index contributed by atoms with van der Waals surface area (Å²) in [5.74, 6) is -1.81. The van der Waals surface area contributed by atoms with Gasteiger partial charge in [-0.05, 0) is 45.4 Å². The number of nitrogens with one attached hydrogen (secondary N) is 1. The van der Waals surface area contributed by atoms with Crippen LogP contribution in [0.3, 0.4) is 0 Å². The molecule has 0 aromatic carbocycles. The summed E-state index contributed by atoms with van der Waals surface area (Å²) in [6.45, 7) is 7.28. The van der Waals surface area contributed by atoms with E-state index in [-0.39, 0.29) is 18.2 Å². The molecule has 0 saturated heterocycles. The third-order valence-corrected chi connectivity index (χ3v) is 3.86. The maximum absolute atomic E-state index is 12.1. The number of ether oxygens (including phenoxy) is 3. The van der Waals surface area contributed by atoms with Crippen molar-refractivity contribution in [2.24, 2.45) is 0 Å². The van der Waals surface area contributed by atoms with Crippen LogP contribution < -0.4 is 5.32 Å². The summed E-state index contributed by atoms with van der Waals surface area (Å²) in [6, 6.07) is 3.70. The van der Waals surface area contributed by atoms with Gasteiger partial charge in [-0.15, -0.1) is 0 Å². The van der Waals surface area contributed by atoms with Crippen LogP contribution in [0, 0.1) is 25.2 Å². The highest BCUT2D eigenvalue weighted by Gasteiger charge is 2.18. The maximum Gasteiger partial charge on any atom is 0.413 e. The Morgan fingerprint density at radius 3 is 2.57 bits per heavy atom. The van der Waals surface area contributed by atoms with E-state index in [1.54, 1.807) is 20.1 Å². The number of methoxy groups -OCH3 is 1. The number of carbonyl (C=O) groups is 3. The Morgan fingerprint density at radius 2 is 2.00 bits per heavy atom. The van der Waals surface area contributed by atoms with Crippen LogP contribution in [0.25, 0.3) is 6.08 Å². The molecule has 152 valence electrons. The van der Waals surface area contributed by atoms with E-state index in [2.05, 4.69) is 4.74 Å². The van der Waals surface area contributed by atoms with Crippen LogP contribution in [0.5, 0.6) is 0 Å². The van der Waals surface area contributed by atoms with Gasteiger partial charge in [0.2, 0.25) is 0 Å². The topological polar surface area (TPSA) is 120 Å². The van der Waals surface area contributed by atoms with Crippen LogP contribution in [-0.4, -0.2) is 49.5 Å². The maximum atomic E-state index is 12.1. The van der Waals surface area contributed by atoms with Crippen molar-refractivity contribution in [3.63, 3.8) is 0 Å². The number of amides is 2. The second-order valence-corrected chi connectivity index (χ2v) is 6.02. The second kappa shape index (κ2) is 10.9. The Hall–Kier alpha value is -3.12. The van der Waals surface area contributed by atoms with E-state index in [0.717, 1.165) is 11.4 Å². The molecule has 1 N–H and O–H groups in total. The summed E-state index contributed by atoms with van der Waals surface area (Å²) < 4.78 is 16.6. The lowest BCUT2D eigenvalue weighted by Crippen LogP contribution is -2.34. The molecule has 0 radical (unpaired) electrons. The average molecular weight is 391 g/mol.